The Morgan fingerprint density at radius 2 is 2.16 bits per heavy atom. The molecule has 0 amide bonds. The van der Waals surface area contributed by atoms with Crippen LogP contribution in [0.4, 0.5) is 0 Å². The average Bonchev–Trinajstić information content (AvgIpc) is 3.05. The van der Waals surface area contributed by atoms with Crippen LogP contribution in [0.2, 0.25) is 0 Å². The molecular formula is C11H12N2O4S2. The Morgan fingerprint density at radius 1 is 1.47 bits per heavy atom. The summed E-state index contributed by atoms with van der Waals surface area (Å²) < 4.78 is 30.7. The third-order valence-electron chi connectivity index (χ3n) is 2.77. The molecule has 0 atom stereocenters. The molecule has 2 rings (SSSR count). The summed E-state index contributed by atoms with van der Waals surface area (Å²) in [7, 11) is -3.64. The Morgan fingerprint density at radius 3 is 2.79 bits per heavy atom. The molecule has 0 N–H and O–H groups in total. The van der Waals surface area contributed by atoms with Gasteiger partial charge in [0, 0.05) is 13.1 Å². The minimum atomic E-state index is -3.64. The number of sulfonamides is 1. The van der Waals surface area contributed by atoms with Gasteiger partial charge in [0.15, 0.2) is 6.61 Å². The summed E-state index contributed by atoms with van der Waals surface area (Å²) in [6.45, 7) is 0.565. The number of ether oxygens (including phenoxy) is 1. The predicted molar refractivity (Wildman–Crippen MR) is 68.2 cm³/mol. The van der Waals surface area contributed by atoms with E-state index >= 15 is 0 Å². The zero-order valence-corrected chi connectivity index (χ0v) is 11.7. The highest BCUT2D eigenvalue weighted by atomic mass is 32.2. The highest BCUT2D eigenvalue weighted by molar-refractivity contribution is 7.89. The van der Waals surface area contributed by atoms with E-state index in [2.05, 4.69) is 4.74 Å². The lowest BCUT2D eigenvalue weighted by atomic mass is 10.4. The number of nitriles is 1. The topological polar surface area (TPSA) is 87.5 Å². The fourth-order valence-electron chi connectivity index (χ4n) is 1.88. The second kappa shape index (κ2) is 5.69. The Kier molecular flexibility index (Phi) is 4.19. The molecule has 1 aliphatic rings. The van der Waals surface area contributed by atoms with Gasteiger partial charge >= 0.3 is 5.97 Å². The molecular weight excluding hydrogens is 288 g/mol. The maximum absolute atomic E-state index is 12.4. The molecule has 8 heteroatoms. The summed E-state index contributed by atoms with van der Waals surface area (Å²) in [6.07, 6.45) is 1.66. The Hall–Kier alpha value is -1.43. The lowest BCUT2D eigenvalue weighted by molar-refractivity contribution is 0.0556. The quantitative estimate of drug-likeness (QED) is 0.780. The second-order valence-corrected chi connectivity index (χ2v) is 6.78. The average molecular weight is 300 g/mol. The van der Waals surface area contributed by atoms with Crippen LogP contribution in [-0.4, -0.2) is 38.4 Å². The molecule has 1 aromatic heterocycles. The molecule has 1 aliphatic heterocycles. The van der Waals surface area contributed by atoms with E-state index < -0.39 is 16.0 Å². The summed E-state index contributed by atoms with van der Waals surface area (Å²) >= 11 is 1.00. The van der Waals surface area contributed by atoms with Gasteiger partial charge in [-0.25, -0.2) is 13.2 Å². The van der Waals surface area contributed by atoms with Crippen molar-refractivity contribution in [1.29, 1.82) is 5.26 Å². The summed E-state index contributed by atoms with van der Waals surface area (Å²) in [6, 6.07) is 3.08. The lowest BCUT2D eigenvalue weighted by Crippen LogP contribution is -2.28. The van der Waals surface area contributed by atoms with Gasteiger partial charge < -0.3 is 4.74 Å². The minimum absolute atomic E-state index is 0.0256. The van der Waals surface area contributed by atoms with Crippen LogP contribution in [0, 0.1) is 11.3 Å². The molecule has 2 heterocycles. The van der Waals surface area contributed by atoms with Gasteiger partial charge in [-0.3, -0.25) is 0 Å². The van der Waals surface area contributed by atoms with Gasteiger partial charge in [-0.05, 0) is 24.3 Å². The number of carbonyl (C=O) groups excluding carboxylic acids is 1. The third-order valence-corrected chi connectivity index (χ3v) is 5.73. The number of carbonyl (C=O) groups is 1. The van der Waals surface area contributed by atoms with Crippen molar-refractivity contribution in [3.05, 3.63) is 16.3 Å². The first-order valence-corrected chi connectivity index (χ1v) is 8.01. The van der Waals surface area contributed by atoms with Crippen molar-refractivity contribution in [1.82, 2.24) is 4.31 Å². The minimum Gasteiger partial charge on any atom is -0.446 e. The third kappa shape index (κ3) is 2.78. The van der Waals surface area contributed by atoms with Crippen LogP contribution < -0.4 is 0 Å². The van der Waals surface area contributed by atoms with Gasteiger partial charge in [-0.2, -0.15) is 9.57 Å². The molecule has 0 radical (unpaired) electrons. The molecule has 0 bridgehead atoms. The molecule has 102 valence electrons. The van der Waals surface area contributed by atoms with Crippen LogP contribution in [0.25, 0.3) is 0 Å². The Balaban J connectivity index is 2.29. The second-order valence-electron chi connectivity index (χ2n) is 3.96. The van der Waals surface area contributed by atoms with Gasteiger partial charge in [0.25, 0.3) is 0 Å². The largest absolute Gasteiger partial charge is 0.446 e. The van der Waals surface area contributed by atoms with Gasteiger partial charge in [-0.15, -0.1) is 11.3 Å². The smallest absolute Gasteiger partial charge is 0.350 e. The van der Waals surface area contributed by atoms with Gasteiger partial charge in [0.1, 0.15) is 15.8 Å². The van der Waals surface area contributed by atoms with E-state index in [1.807, 2.05) is 0 Å². The van der Waals surface area contributed by atoms with Gasteiger partial charge in [0.05, 0.1) is 0 Å². The van der Waals surface area contributed by atoms with Crippen LogP contribution in [0.3, 0.4) is 0 Å². The van der Waals surface area contributed by atoms with Crippen molar-refractivity contribution in [3.63, 3.8) is 0 Å². The predicted octanol–water partition coefficient (Wildman–Crippen LogP) is 1.21. The molecule has 0 saturated carbocycles. The van der Waals surface area contributed by atoms with Crippen LogP contribution in [-0.2, 0) is 14.8 Å². The molecule has 1 saturated heterocycles. The summed E-state index contributed by atoms with van der Waals surface area (Å²) in [4.78, 5) is 11.7. The zero-order chi connectivity index (χ0) is 13.9. The van der Waals surface area contributed by atoms with Gasteiger partial charge in [0.2, 0.25) is 10.0 Å². The molecule has 1 aromatic rings. The molecule has 19 heavy (non-hydrogen) atoms. The van der Waals surface area contributed by atoms with E-state index in [9.17, 15) is 13.2 Å². The zero-order valence-electron chi connectivity index (χ0n) is 10.0. The molecule has 0 spiro atoms. The normalized spacial score (nSPS) is 16.2. The van der Waals surface area contributed by atoms with E-state index in [0.717, 1.165) is 24.2 Å². The summed E-state index contributed by atoms with van der Waals surface area (Å²) in [5.74, 6) is -0.769. The van der Waals surface area contributed by atoms with E-state index in [4.69, 9.17) is 5.26 Å². The monoisotopic (exact) mass is 300 g/mol. The summed E-state index contributed by atoms with van der Waals surface area (Å²) in [5.41, 5.74) is 0. The molecule has 0 aromatic carbocycles. The highest BCUT2D eigenvalue weighted by Gasteiger charge is 2.32. The van der Waals surface area contributed by atoms with E-state index in [1.165, 1.54) is 15.8 Å². The highest BCUT2D eigenvalue weighted by Crippen LogP contribution is 2.28. The van der Waals surface area contributed by atoms with Crippen molar-refractivity contribution in [2.45, 2.75) is 17.7 Å². The van der Waals surface area contributed by atoms with Crippen molar-refractivity contribution in [2.24, 2.45) is 0 Å². The fraction of sp³-hybridized carbons (Fsp3) is 0.455. The Labute approximate surface area is 115 Å². The molecule has 0 aliphatic carbocycles. The summed E-state index contributed by atoms with van der Waals surface area (Å²) in [5, 5.41) is 9.90. The maximum atomic E-state index is 12.4. The lowest BCUT2D eigenvalue weighted by Gasteiger charge is -2.15. The number of nitrogens with zero attached hydrogens (tertiary/aromatic N) is 2. The number of hydrogen-bond acceptors (Lipinski definition) is 6. The van der Waals surface area contributed by atoms with Crippen molar-refractivity contribution in [3.8, 4) is 6.07 Å². The Bertz CT molecular complexity index is 609. The van der Waals surface area contributed by atoms with Gasteiger partial charge in [-0.1, -0.05) is 0 Å². The van der Waals surface area contributed by atoms with Crippen molar-refractivity contribution < 1.29 is 17.9 Å². The van der Waals surface area contributed by atoms with E-state index in [-0.39, 0.29) is 16.4 Å². The molecule has 1 fully saturated rings. The fourth-order valence-corrected chi connectivity index (χ4v) is 4.68. The van der Waals surface area contributed by atoms with Crippen LogP contribution >= 0.6 is 11.3 Å². The number of esters is 1. The first kappa shape index (κ1) is 14.0. The van der Waals surface area contributed by atoms with E-state index in [1.54, 1.807) is 6.07 Å². The van der Waals surface area contributed by atoms with Crippen LogP contribution in [0.15, 0.2) is 16.3 Å². The molecule has 6 nitrogen and oxygen atoms in total. The number of hydrogen-bond donors (Lipinski definition) is 0. The first-order chi connectivity index (χ1) is 9.07. The first-order valence-electron chi connectivity index (χ1n) is 5.69. The standard InChI is InChI=1S/C11H12N2O4S2/c12-4-7-17-11(14)10-9(3-8-18-10)19(15,16)13-5-1-2-6-13/h3,8H,1-2,5-7H2. The SMILES string of the molecule is N#CCOC(=O)c1sccc1S(=O)(=O)N1CCCC1. The van der Waals surface area contributed by atoms with Crippen molar-refractivity contribution >= 4 is 27.3 Å². The number of thiophene rings is 1. The van der Waals surface area contributed by atoms with Crippen LogP contribution in [0.5, 0.6) is 0 Å². The molecule has 0 unspecified atom stereocenters. The van der Waals surface area contributed by atoms with Crippen LogP contribution in [0.1, 0.15) is 22.5 Å². The van der Waals surface area contributed by atoms with E-state index in [0.29, 0.717) is 13.1 Å². The maximum Gasteiger partial charge on any atom is 0.350 e. The van der Waals surface area contributed by atoms with Crippen molar-refractivity contribution in [2.75, 3.05) is 19.7 Å². The number of rotatable bonds is 4.